The summed E-state index contributed by atoms with van der Waals surface area (Å²) in [6.45, 7) is 4.86. The summed E-state index contributed by atoms with van der Waals surface area (Å²) < 4.78 is 5.08. The van der Waals surface area contributed by atoms with E-state index >= 15 is 0 Å². The molecule has 1 aliphatic heterocycles. The Bertz CT molecular complexity index is 112. The van der Waals surface area contributed by atoms with Gasteiger partial charge in [-0.15, -0.1) is 6.58 Å². The van der Waals surface area contributed by atoms with E-state index in [4.69, 9.17) is 4.74 Å². The van der Waals surface area contributed by atoms with Gasteiger partial charge in [-0.1, -0.05) is 6.08 Å². The highest BCUT2D eigenvalue weighted by molar-refractivity contribution is 4.77. The van der Waals surface area contributed by atoms with Gasteiger partial charge in [0, 0.05) is 5.92 Å². The zero-order valence-electron chi connectivity index (χ0n) is 6.12. The SMILES string of the molecule is C=CCC[C@@H]1COC[C@H]1O. The van der Waals surface area contributed by atoms with Crippen LogP contribution >= 0.6 is 0 Å². The first-order valence-corrected chi connectivity index (χ1v) is 3.71. The molecule has 1 aliphatic rings. The van der Waals surface area contributed by atoms with Gasteiger partial charge in [-0.05, 0) is 12.8 Å². The maximum absolute atomic E-state index is 9.26. The second-order valence-electron chi connectivity index (χ2n) is 2.73. The van der Waals surface area contributed by atoms with Crippen molar-refractivity contribution in [3.63, 3.8) is 0 Å². The third kappa shape index (κ3) is 1.82. The van der Waals surface area contributed by atoms with E-state index in [0.717, 1.165) is 19.4 Å². The quantitative estimate of drug-likeness (QED) is 0.595. The molecular formula is C8H14O2. The Balaban J connectivity index is 2.19. The van der Waals surface area contributed by atoms with Crippen LogP contribution < -0.4 is 0 Å². The number of aliphatic hydroxyl groups excluding tert-OH is 1. The average Bonchev–Trinajstić information content (AvgIpc) is 2.31. The molecule has 0 bridgehead atoms. The summed E-state index contributed by atoms with van der Waals surface area (Å²) in [4.78, 5) is 0. The average molecular weight is 142 g/mol. The Labute approximate surface area is 61.5 Å². The molecule has 2 nitrogen and oxygen atoms in total. The van der Waals surface area contributed by atoms with E-state index in [9.17, 15) is 5.11 Å². The van der Waals surface area contributed by atoms with Crippen LogP contribution in [0.4, 0.5) is 0 Å². The first-order valence-electron chi connectivity index (χ1n) is 3.71. The van der Waals surface area contributed by atoms with Gasteiger partial charge in [0.15, 0.2) is 0 Å². The molecule has 1 fully saturated rings. The molecule has 10 heavy (non-hydrogen) atoms. The Morgan fingerprint density at radius 3 is 2.90 bits per heavy atom. The highest BCUT2D eigenvalue weighted by Gasteiger charge is 2.24. The van der Waals surface area contributed by atoms with Gasteiger partial charge in [-0.25, -0.2) is 0 Å². The van der Waals surface area contributed by atoms with Gasteiger partial charge in [0.05, 0.1) is 19.3 Å². The standard InChI is InChI=1S/C8H14O2/c1-2-3-4-7-5-10-6-8(7)9/h2,7-9H,1,3-6H2/t7-,8-/m1/s1. The Morgan fingerprint density at radius 1 is 1.60 bits per heavy atom. The van der Waals surface area contributed by atoms with Crippen LogP contribution in [0.1, 0.15) is 12.8 Å². The monoisotopic (exact) mass is 142 g/mol. The lowest BCUT2D eigenvalue weighted by Gasteiger charge is -2.09. The molecule has 1 N–H and O–H groups in total. The van der Waals surface area contributed by atoms with Crippen molar-refractivity contribution in [1.82, 2.24) is 0 Å². The van der Waals surface area contributed by atoms with Crippen LogP contribution in [0.15, 0.2) is 12.7 Å². The number of ether oxygens (including phenoxy) is 1. The molecule has 0 unspecified atom stereocenters. The number of allylic oxidation sites excluding steroid dienone is 1. The van der Waals surface area contributed by atoms with Crippen molar-refractivity contribution in [3.8, 4) is 0 Å². The molecule has 0 amide bonds. The van der Waals surface area contributed by atoms with Crippen molar-refractivity contribution in [2.75, 3.05) is 13.2 Å². The van der Waals surface area contributed by atoms with E-state index in [0.29, 0.717) is 12.5 Å². The van der Waals surface area contributed by atoms with Crippen molar-refractivity contribution in [3.05, 3.63) is 12.7 Å². The molecule has 0 aromatic heterocycles. The molecular weight excluding hydrogens is 128 g/mol. The van der Waals surface area contributed by atoms with Crippen molar-refractivity contribution in [1.29, 1.82) is 0 Å². The lowest BCUT2D eigenvalue weighted by molar-refractivity contribution is 0.117. The normalized spacial score (nSPS) is 32.5. The van der Waals surface area contributed by atoms with Gasteiger partial charge in [0.2, 0.25) is 0 Å². The fourth-order valence-corrected chi connectivity index (χ4v) is 1.19. The van der Waals surface area contributed by atoms with Gasteiger partial charge in [0.1, 0.15) is 0 Å². The second kappa shape index (κ2) is 3.74. The lowest BCUT2D eigenvalue weighted by Crippen LogP contribution is -2.17. The van der Waals surface area contributed by atoms with Gasteiger partial charge in [0.25, 0.3) is 0 Å². The maximum atomic E-state index is 9.26. The van der Waals surface area contributed by atoms with E-state index in [-0.39, 0.29) is 6.10 Å². The number of hydrogen-bond acceptors (Lipinski definition) is 2. The van der Waals surface area contributed by atoms with Crippen molar-refractivity contribution < 1.29 is 9.84 Å². The Kier molecular flexibility index (Phi) is 2.90. The molecule has 0 spiro atoms. The smallest absolute Gasteiger partial charge is 0.0823 e. The predicted molar refractivity (Wildman–Crippen MR) is 39.7 cm³/mol. The summed E-state index contributed by atoms with van der Waals surface area (Å²) in [5, 5.41) is 9.26. The zero-order valence-corrected chi connectivity index (χ0v) is 6.12. The van der Waals surface area contributed by atoms with Gasteiger partial charge < -0.3 is 9.84 Å². The van der Waals surface area contributed by atoms with Crippen LogP contribution in [-0.2, 0) is 4.74 Å². The number of hydrogen-bond donors (Lipinski definition) is 1. The summed E-state index contributed by atoms with van der Waals surface area (Å²) in [6.07, 6.45) is 3.63. The van der Waals surface area contributed by atoms with E-state index in [1.807, 2.05) is 6.08 Å². The van der Waals surface area contributed by atoms with Crippen LogP contribution in [0.2, 0.25) is 0 Å². The minimum absolute atomic E-state index is 0.236. The summed E-state index contributed by atoms with van der Waals surface area (Å²) in [7, 11) is 0. The van der Waals surface area contributed by atoms with Crippen molar-refractivity contribution in [2.45, 2.75) is 18.9 Å². The lowest BCUT2D eigenvalue weighted by atomic mass is 10.0. The van der Waals surface area contributed by atoms with Crippen LogP contribution in [0.5, 0.6) is 0 Å². The fraction of sp³-hybridized carbons (Fsp3) is 0.750. The highest BCUT2D eigenvalue weighted by atomic mass is 16.5. The number of aliphatic hydroxyl groups is 1. The van der Waals surface area contributed by atoms with Gasteiger partial charge >= 0.3 is 0 Å². The zero-order chi connectivity index (χ0) is 7.40. The van der Waals surface area contributed by atoms with E-state index < -0.39 is 0 Å². The van der Waals surface area contributed by atoms with Crippen molar-refractivity contribution in [2.24, 2.45) is 5.92 Å². The van der Waals surface area contributed by atoms with E-state index in [2.05, 4.69) is 6.58 Å². The molecule has 58 valence electrons. The van der Waals surface area contributed by atoms with Crippen LogP contribution in [0.25, 0.3) is 0 Å². The summed E-state index contributed by atoms with van der Waals surface area (Å²) >= 11 is 0. The Morgan fingerprint density at radius 2 is 2.40 bits per heavy atom. The van der Waals surface area contributed by atoms with E-state index in [1.54, 1.807) is 0 Å². The summed E-state index contributed by atoms with van der Waals surface area (Å²) in [5.74, 6) is 0.345. The molecule has 0 aliphatic carbocycles. The minimum Gasteiger partial charge on any atom is -0.390 e. The summed E-state index contributed by atoms with van der Waals surface area (Å²) in [5.41, 5.74) is 0. The predicted octanol–water partition coefficient (Wildman–Crippen LogP) is 0.960. The molecule has 0 saturated carbocycles. The molecule has 0 aromatic rings. The molecule has 1 heterocycles. The van der Waals surface area contributed by atoms with Gasteiger partial charge in [-0.2, -0.15) is 0 Å². The first-order chi connectivity index (χ1) is 4.84. The molecule has 0 radical (unpaired) electrons. The third-order valence-corrected chi connectivity index (χ3v) is 1.91. The maximum Gasteiger partial charge on any atom is 0.0823 e. The molecule has 0 aromatic carbocycles. The topological polar surface area (TPSA) is 29.5 Å². The van der Waals surface area contributed by atoms with Crippen LogP contribution in [0, 0.1) is 5.92 Å². The largest absolute Gasteiger partial charge is 0.390 e. The van der Waals surface area contributed by atoms with Crippen LogP contribution in [-0.4, -0.2) is 24.4 Å². The van der Waals surface area contributed by atoms with E-state index in [1.165, 1.54) is 0 Å². The highest BCUT2D eigenvalue weighted by Crippen LogP contribution is 2.18. The third-order valence-electron chi connectivity index (χ3n) is 1.91. The summed E-state index contributed by atoms with van der Waals surface area (Å²) in [6, 6.07) is 0. The van der Waals surface area contributed by atoms with Gasteiger partial charge in [-0.3, -0.25) is 0 Å². The second-order valence-corrected chi connectivity index (χ2v) is 2.73. The Hall–Kier alpha value is -0.340. The van der Waals surface area contributed by atoms with Crippen LogP contribution in [0.3, 0.4) is 0 Å². The first kappa shape index (κ1) is 7.76. The fourth-order valence-electron chi connectivity index (χ4n) is 1.19. The molecule has 2 atom stereocenters. The number of rotatable bonds is 3. The minimum atomic E-state index is -0.236. The molecule has 1 saturated heterocycles. The van der Waals surface area contributed by atoms with Crippen molar-refractivity contribution >= 4 is 0 Å². The molecule has 1 rings (SSSR count). The molecule has 2 heteroatoms.